The molecule has 0 radical (unpaired) electrons. The van der Waals surface area contributed by atoms with Crippen molar-refractivity contribution in [3.05, 3.63) is 29.8 Å². The number of ether oxygens (including phenoxy) is 1. The first-order valence-electron chi connectivity index (χ1n) is 5.59. The van der Waals surface area contributed by atoms with E-state index in [4.69, 9.17) is 10.5 Å². The second kappa shape index (κ2) is 6.16. The van der Waals surface area contributed by atoms with Crippen LogP contribution in [0.1, 0.15) is 37.7 Å². The van der Waals surface area contributed by atoms with Crippen LogP contribution in [0.4, 0.5) is 5.69 Å². The minimum Gasteiger partial charge on any atom is -0.469 e. The second-order valence-electron chi connectivity index (χ2n) is 3.94. The molecule has 0 spiro atoms. The Morgan fingerprint density at radius 1 is 1.50 bits per heavy atom. The highest BCUT2D eigenvalue weighted by Gasteiger charge is 2.15. The summed E-state index contributed by atoms with van der Waals surface area (Å²) in [5, 5.41) is 0. The highest BCUT2D eigenvalue weighted by molar-refractivity contribution is 5.70. The maximum absolute atomic E-state index is 11.3. The van der Waals surface area contributed by atoms with Gasteiger partial charge in [0.25, 0.3) is 0 Å². The lowest BCUT2D eigenvalue weighted by Crippen LogP contribution is -2.09. The summed E-state index contributed by atoms with van der Waals surface area (Å²) >= 11 is 0. The van der Waals surface area contributed by atoms with Crippen molar-refractivity contribution in [1.82, 2.24) is 0 Å². The summed E-state index contributed by atoms with van der Waals surface area (Å²) in [6.07, 6.45) is 2.43. The van der Waals surface area contributed by atoms with Gasteiger partial charge in [-0.1, -0.05) is 25.5 Å². The van der Waals surface area contributed by atoms with Gasteiger partial charge in [-0.15, -0.1) is 0 Å². The Balaban J connectivity index is 2.80. The lowest BCUT2D eigenvalue weighted by Gasteiger charge is -2.15. The van der Waals surface area contributed by atoms with E-state index >= 15 is 0 Å². The molecule has 1 aromatic carbocycles. The maximum Gasteiger partial charge on any atom is 0.306 e. The number of carbonyl (C=O) groups excluding carboxylic acids is 1. The average Bonchev–Trinajstić information content (AvgIpc) is 2.28. The Bertz CT molecular complexity index is 350. The number of benzene rings is 1. The molecule has 0 fully saturated rings. The van der Waals surface area contributed by atoms with Gasteiger partial charge in [-0.2, -0.15) is 0 Å². The van der Waals surface area contributed by atoms with Crippen molar-refractivity contribution in [3.8, 4) is 0 Å². The zero-order valence-corrected chi connectivity index (χ0v) is 9.90. The molecule has 16 heavy (non-hydrogen) atoms. The maximum atomic E-state index is 11.3. The van der Waals surface area contributed by atoms with Gasteiger partial charge >= 0.3 is 5.97 Å². The number of nitrogens with two attached hydrogens (primary N) is 1. The fourth-order valence-corrected chi connectivity index (χ4v) is 1.83. The Hall–Kier alpha value is -1.51. The number of anilines is 1. The summed E-state index contributed by atoms with van der Waals surface area (Å²) in [5.41, 5.74) is 7.60. The van der Waals surface area contributed by atoms with E-state index in [9.17, 15) is 4.79 Å². The van der Waals surface area contributed by atoms with E-state index in [0.717, 1.165) is 24.1 Å². The molecule has 0 aromatic heterocycles. The standard InChI is InChI=1S/C13H19NO2/c1-3-5-10(9-13(15)16-2)11-6-4-7-12(14)8-11/h4,6-8,10H,3,5,9,14H2,1-2H3. The Kier molecular flexibility index (Phi) is 4.83. The normalized spacial score (nSPS) is 12.1. The van der Waals surface area contributed by atoms with E-state index in [0.29, 0.717) is 6.42 Å². The van der Waals surface area contributed by atoms with E-state index < -0.39 is 0 Å². The monoisotopic (exact) mass is 221 g/mol. The highest BCUT2D eigenvalue weighted by atomic mass is 16.5. The van der Waals surface area contributed by atoms with Crippen molar-refractivity contribution in [2.24, 2.45) is 0 Å². The molecule has 1 aromatic rings. The second-order valence-corrected chi connectivity index (χ2v) is 3.94. The number of hydrogen-bond acceptors (Lipinski definition) is 3. The largest absolute Gasteiger partial charge is 0.469 e. The van der Waals surface area contributed by atoms with Crippen molar-refractivity contribution in [2.45, 2.75) is 32.1 Å². The van der Waals surface area contributed by atoms with Crippen LogP contribution in [-0.4, -0.2) is 13.1 Å². The van der Waals surface area contributed by atoms with Gasteiger partial charge in [-0.3, -0.25) is 4.79 Å². The third kappa shape index (κ3) is 3.57. The van der Waals surface area contributed by atoms with Gasteiger partial charge in [0.05, 0.1) is 13.5 Å². The Labute approximate surface area is 96.6 Å². The minimum absolute atomic E-state index is 0.166. The van der Waals surface area contributed by atoms with Gasteiger partial charge in [0.15, 0.2) is 0 Å². The van der Waals surface area contributed by atoms with Crippen LogP contribution < -0.4 is 5.73 Å². The third-order valence-electron chi connectivity index (χ3n) is 2.66. The molecule has 3 heteroatoms. The first-order valence-corrected chi connectivity index (χ1v) is 5.59. The predicted molar refractivity (Wildman–Crippen MR) is 65.1 cm³/mol. The topological polar surface area (TPSA) is 52.3 Å². The van der Waals surface area contributed by atoms with Gasteiger partial charge in [-0.25, -0.2) is 0 Å². The Morgan fingerprint density at radius 3 is 2.81 bits per heavy atom. The first-order chi connectivity index (χ1) is 7.67. The zero-order chi connectivity index (χ0) is 12.0. The van der Waals surface area contributed by atoms with Crippen LogP contribution in [0, 0.1) is 0 Å². The molecule has 1 unspecified atom stereocenters. The molecule has 0 aliphatic heterocycles. The third-order valence-corrected chi connectivity index (χ3v) is 2.66. The summed E-state index contributed by atoms with van der Waals surface area (Å²) in [5.74, 6) is 0.0434. The molecule has 0 heterocycles. The lowest BCUT2D eigenvalue weighted by atomic mass is 9.91. The smallest absolute Gasteiger partial charge is 0.306 e. The SMILES string of the molecule is CCCC(CC(=O)OC)c1cccc(N)c1. The van der Waals surface area contributed by atoms with Crippen molar-refractivity contribution < 1.29 is 9.53 Å². The van der Waals surface area contributed by atoms with E-state index in [2.05, 4.69) is 6.92 Å². The number of rotatable bonds is 5. The number of methoxy groups -OCH3 is 1. The number of carbonyl (C=O) groups is 1. The summed E-state index contributed by atoms with van der Waals surface area (Å²) < 4.78 is 4.71. The molecule has 1 rings (SSSR count). The van der Waals surface area contributed by atoms with Gasteiger partial charge in [0.1, 0.15) is 0 Å². The molecule has 0 amide bonds. The molecule has 0 saturated heterocycles. The number of hydrogen-bond donors (Lipinski definition) is 1. The molecule has 0 aliphatic rings. The Morgan fingerprint density at radius 2 is 2.25 bits per heavy atom. The summed E-state index contributed by atoms with van der Waals surface area (Å²) in [6, 6.07) is 7.72. The van der Waals surface area contributed by atoms with E-state index in [-0.39, 0.29) is 11.9 Å². The van der Waals surface area contributed by atoms with Crippen LogP contribution in [0.25, 0.3) is 0 Å². The molecule has 0 aliphatic carbocycles. The van der Waals surface area contributed by atoms with Crippen LogP contribution in [0.5, 0.6) is 0 Å². The molecule has 88 valence electrons. The van der Waals surface area contributed by atoms with E-state index in [1.165, 1.54) is 7.11 Å². The molecule has 0 saturated carbocycles. The van der Waals surface area contributed by atoms with Crippen LogP contribution in [0.3, 0.4) is 0 Å². The average molecular weight is 221 g/mol. The number of esters is 1. The molecular formula is C13H19NO2. The van der Waals surface area contributed by atoms with Crippen molar-refractivity contribution in [3.63, 3.8) is 0 Å². The quantitative estimate of drug-likeness (QED) is 0.614. The molecule has 2 N–H and O–H groups in total. The number of nitrogen functional groups attached to an aromatic ring is 1. The van der Waals surface area contributed by atoms with Crippen LogP contribution in [0.15, 0.2) is 24.3 Å². The summed E-state index contributed by atoms with van der Waals surface area (Å²) in [6.45, 7) is 2.11. The van der Waals surface area contributed by atoms with E-state index in [1.54, 1.807) is 0 Å². The van der Waals surface area contributed by atoms with Crippen LogP contribution in [0.2, 0.25) is 0 Å². The zero-order valence-electron chi connectivity index (χ0n) is 9.90. The predicted octanol–water partition coefficient (Wildman–Crippen LogP) is 2.72. The minimum atomic E-state index is -0.166. The highest BCUT2D eigenvalue weighted by Crippen LogP contribution is 2.26. The fraction of sp³-hybridized carbons (Fsp3) is 0.462. The van der Waals surface area contributed by atoms with Crippen LogP contribution >= 0.6 is 0 Å². The summed E-state index contributed by atoms with van der Waals surface area (Å²) in [4.78, 5) is 11.3. The summed E-state index contributed by atoms with van der Waals surface area (Å²) in [7, 11) is 1.42. The van der Waals surface area contributed by atoms with Crippen molar-refractivity contribution in [2.75, 3.05) is 12.8 Å². The van der Waals surface area contributed by atoms with E-state index in [1.807, 2.05) is 24.3 Å². The van der Waals surface area contributed by atoms with Crippen molar-refractivity contribution in [1.29, 1.82) is 0 Å². The molecule has 0 bridgehead atoms. The van der Waals surface area contributed by atoms with Gasteiger partial charge in [0, 0.05) is 5.69 Å². The molecule has 1 atom stereocenters. The molecular weight excluding hydrogens is 202 g/mol. The van der Waals surface area contributed by atoms with Gasteiger partial charge in [0.2, 0.25) is 0 Å². The van der Waals surface area contributed by atoms with Gasteiger partial charge < -0.3 is 10.5 Å². The van der Waals surface area contributed by atoms with Crippen molar-refractivity contribution >= 4 is 11.7 Å². The molecule has 3 nitrogen and oxygen atoms in total. The lowest BCUT2D eigenvalue weighted by molar-refractivity contribution is -0.141. The first kappa shape index (κ1) is 12.6. The van der Waals surface area contributed by atoms with Crippen LogP contribution in [-0.2, 0) is 9.53 Å². The van der Waals surface area contributed by atoms with Gasteiger partial charge in [-0.05, 0) is 30.0 Å². The fourth-order valence-electron chi connectivity index (χ4n) is 1.83.